The normalized spacial score (nSPS) is 8.38. The van der Waals surface area contributed by atoms with E-state index in [9.17, 15) is 4.79 Å². The molecule has 1 radical (unpaired) electrons. The van der Waals surface area contributed by atoms with E-state index in [1.807, 2.05) is 0 Å². The molecule has 0 spiro atoms. The Hall–Kier alpha value is -0.610. The van der Waals surface area contributed by atoms with Gasteiger partial charge in [-0.05, 0) is 6.92 Å². The van der Waals surface area contributed by atoms with Crippen LogP contribution in [0.5, 0.6) is 0 Å². The Labute approximate surface area is 47.7 Å². The largest absolute Gasteiger partial charge is 0.481 e. The van der Waals surface area contributed by atoms with Crippen molar-refractivity contribution in [3.8, 4) is 0 Å². The molecule has 0 saturated carbocycles. The summed E-state index contributed by atoms with van der Waals surface area (Å²) in [6, 6.07) is 0. The van der Waals surface area contributed by atoms with Gasteiger partial charge in [-0.2, -0.15) is 0 Å². The number of rotatable bonds is 2. The van der Waals surface area contributed by atoms with Crippen molar-refractivity contribution < 1.29 is 15.0 Å². The summed E-state index contributed by atoms with van der Waals surface area (Å²) < 4.78 is 0. The van der Waals surface area contributed by atoms with E-state index >= 15 is 0 Å². The molecule has 4 nitrogen and oxygen atoms in total. The first-order valence-corrected chi connectivity index (χ1v) is 1.85. The molecule has 8 heavy (non-hydrogen) atoms. The number of aliphatic carboxylic acids is 1. The number of hydrogen-bond acceptors (Lipinski definition) is 3. The lowest BCUT2D eigenvalue weighted by molar-refractivity contribution is -0.135. The molecule has 0 amide bonds. The summed E-state index contributed by atoms with van der Waals surface area (Å²) in [6.07, 6.45) is 0. The number of carboxylic acids is 1. The average Bonchev–Trinajstić information content (AvgIpc) is 1.65. The highest BCUT2D eigenvalue weighted by Gasteiger charge is 2.07. The highest BCUT2D eigenvalue weighted by molar-refractivity contribution is 5.82. The minimum atomic E-state index is -1.04. The summed E-state index contributed by atoms with van der Waals surface area (Å²) in [5.41, 5.74) is 0. The van der Waals surface area contributed by atoms with Crippen LogP contribution in [0.15, 0.2) is 0 Å². The topological polar surface area (TPSA) is 92.5 Å². The maximum atomic E-state index is 9.73. The van der Waals surface area contributed by atoms with Crippen LogP contribution in [0.1, 0.15) is 6.92 Å². The summed E-state index contributed by atoms with van der Waals surface area (Å²) >= 11 is 0. The zero-order chi connectivity index (χ0) is 5.86. The molecule has 0 aromatic heterocycles. The predicted molar refractivity (Wildman–Crippen MR) is 28.7 cm³/mol. The van der Waals surface area contributed by atoms with Crippen molar-refractivity contribution >= 4 is 5.97 Å². The van der Waals surface area contributed by atoms with Crippen LogP contribution in [0.25, 0.3) is 0 Å². The van der Waals surface area contributed by atoms with E-state index in [1.54, 1.807) is 0 Å². The first-order valence-electron chi connectivity index (χ1n) is 1.85. The number of carbonyl (C=O) groups is 1. The standard InChI is InChI=1S/C4H7O3.H3N/c1-3(2-5)4(6)7;/h5H,2H2,1H3,(H,6,7);1H3. The molecule has 0 saturated heterocycles. The highest BCUT2D eigenvalue weighted by atomic mass is 16.4. The molecular weight excluding hydrogens is 110 g/mol. The molecule has 0 unspecified atom stereocenters. The van der Waals surface area contributed by atoms with Crippen LogP contribution in [0.4, 0.5) is 0 Å². The molecule has 49 valence electrons. The summed E-state index contributed by atoms with van der Waals surface area (Å²) in [6.45, 7) is 0.998. The van der Waals surface area contributed by atoms with Gasteiger partial charge in [0.05, 0.1) is 6.61 Å². The molecule has 0 aromatic carbocycles. The molecule has 5 N–H and O–H groups in total. The van der Waals surface area contributed by atoms with E-state index in [2.05, 4.69) is 0 Å². The Morgan fingerprint density at radius 1 is 1.62 bits per heavy atom. The maximum Gasteiger partial charge on any atom is 0.312 e. The van der Waals surface area contributed by atoms with Crippen molar-refractivity contribution in [1.82, 2.24) is 6.15 Å². The van der Waals surface area contributed by atoms with Gasteiger partial charge in [0.15, 0.2) is 0 Å². The molecule has 0 aliphatic carbocycles. The molecule has 0 bridgehead atoms. The van der Waals surface area contributed by atoms with Crippen molar-refractivity contribution in [1.29, 1.82) is 0 Å². The van der Waals surface area contributed by atoms with Gasteiger partial charge in [-0.25, -0.2) is 0 Å². The molecule has 0 rings (SSSR count). The van der Waals surface area contributed by atoms with Gasteiger partial charge in [-0.15, -0.1) is 0 Å². The van der Waals surface area contributed by atoms with Crippen LogP contribution >= 0.6 is 0 Å². The van der Waals surface area contributed by atoms with Gasteiger partial charge < -0.3 is 16.4 Å². The summed E-state index contributed by atoms with van der Waals surface area (Å²) in [5.74, 6) is -0.970. The minimum absolute atomic E-state index is 0. The fourth-order valence-corrected chi connectivity index (χ4v) is 0.0676. The van der Waals surface area contributed by atoms with E-state index < -0.39 is 5.97 Å². The first kappa shape index (κ1) is 10.4. The summed E-state index contributed by atoms with van der Waals surface area (Å²) in [5, 5.41) is 16.1. The van der Waals surface area contributed by atoms with Crippen molar-refractivity contribution in [2.75, 3.05) is 6.61 Å². The van der Waals surface area contributed by atoms with Gasteiger partial charge in [0.1, 0.15) is 5.92 Å². The van der Waals surface area contributed by atoms with E-state index in [0.29, 0.717) is 0 Å². The number of aliphatic hydroxyl groups is 1. The smallest absolute Gasteiger partial charge is 0.312 e. The Morgan fingerprint density at radius 2 is 2.00 bits per heavy atom. The van der Waals surface area contributed by atoms with Crippen LogP contribution in [-0.2, 0) is 4.79 Å². The second-order valence-electron chi connectivity index (χ2n) is 1.24. The lowest BCUT2D eigenvalue weighted by atomic mass is 10.2. The molecule has 0 atom stereocenters. The van der Waals surface area contributed by atoms with Crippen LogP contribution in [-0.4, -0.2) is 22.8 Å². The quantitative estimate of drug-likeness (QED) is 0.471. The Balaban J connectivity index is 0. The zero-order valence-corrected chi connectivity index (χ0v) is 4.72. The fourth-order valence-electron chi connectivity index (χ4n) is 0.0676. The van der Waals surface area contributed by atoms with Crippen LogP contribution in [0, 0.1) is 5.92 Å². The maximum absolute atomic E-state index is 9.73. The summed E-state index contributed by atoms with van der Waals surface area (Å²) in [4.78, 5) is 9.73. The number of carboxylic acid groups (broad SMARTS) is 1. The van der Waals surface area contributed by atoms with Crippen LogP contribution < -0.4 is 6.15 Å². The number of hydrogen-bond donors (Lipinski definition) is 3. The Kier molecular flexibility index (Phi) is 5.90. The van der Waals surface area contributed by atoms with Crippen molar-refractivity contribution in [2.45, 2.75) is 6.92 Å². The molecule has 0 aromatic rings. The van der Waals surface area contributed by atoms with Gasteiger partial charge in [0, 0.05) is 0 Å². The van der Waals surface area contributed by atoms with Gasteiger partial charge in [-0.1, -0.05) is 0 Å². The second kappa shape index (κ2) is 4.55. The molecule has 0 aliphatic heterocycles. The molecule has 4 heteroatoms. The van der Waals surface area contributed by atoms with Gasteiger partial charge in [-0.3, -0.25) is 4.79 Å². The second-order valence-corrected chi connectivity index (χ2v) is 1.24. The van der Waals surface area contributed by atoms with Crippen LogP contribution in [0.3, 0.4) is 0 Å². The molecule has 0 heterocycles. The predicted octanol–water partition coefficient (Wildman–Crippen LogP) is -0.180. The summed E-state index contributed by atoms with van der Waals surface area (Å²) in [7, 11) is 0. The molecular formula is C4H10NO3. The zero-order valence-electron chi connectivity index (χ0n) is 4.72. The lowest BCUT2D eigenvalue weighted by Crippen LogP contribution is -2.10. The van der Waals surface area contributed by atoms with Crippen molar-refractivity contribution in [3.63, 3.8) is 0 Å². The third kappa shape index (κ3) is 3.58. The van der Waals surface area contributed by atoms with Gasteiger partial charge in [0.25, 0.3) is 0 Å². The van der Waals surface area contributed by atoms with E-state index in [4.69, 9.17) is 10.2 Å². The first-order chi connectivity index (χ1) is 3.18. The van der Waals surface area contributed by atoms with E-state index in [0.717, 1.165) is 0 Å². The number of aliphatic hydroxyl groups excluding tert-OH is 1. The minimum Gasteiger partial charge on any atom is -0.481 e. The average molecular weight is 120 g/mol. The Morgan fingerprint density at radius 3 is 2.00 bits per heavy atom. The van der Waals surface area contributed by atoms with Gasteiger partial charge >= 0.3 is 5.97 Å². The SMILES string of the molecule is C[C](CO)C(=O)O.N. The van der Waals surface area contributed by atoms with Crippen molar-refractivity contribution in [3.05, 3.63) is 5.92 Å². The lowest BCUT2D eigenvalue weighted by Gasteiger charge is -1.94. The molecule has 0 fully saturated rings. The van der Waals surface area contributed by atoms with E-state index in [1.165, 1.54) is 6.92 Å². The van der Waals surface area contributed by atoms with Crippen molar-refractivity contribution in [2.24, 2.45) is 0 Å². The van der Waals surface area contributed by atoms with Crippen LogP contribution in [0.2, 0.25) is 0 Å². The monoisotopic (exact) mass is 120 g/mol. The third-order valence-corrected chi connectivity index (χ3v) is 0.602. The highest BCUT2D eigenvalue weighted by Crippen LogP contribution is 1.92. The fraction of sp³-hybridized carbons (Fsp3) is 0.500. The van der Waals surface area contributed by atoms with Gasteiger partial charge in [0.2, 0.25) is 0 Å². The van der Waals surface area contributed by atoms with E-state index in [-0.39, 0.29) is 18.7 Å². The molecule has 0 aliphatic rings. The Bertz CT molecular complexity index is 73.7. The third-order valence-electron chi connectivity index (χ3n) is 0.602.